The fourth-order valence-corrected chi connectivity index (χ4v) is 1.92. The van der Waals surface area contributed by atoms with Crippen LogP contribution in [0.15, 0.2) is 36.4 Å². The number of hydrogen-bond acceptors (Lipinski definition) is 2. The fraction of sp³-hybridized carbons (Fsp3) is 0.294. The molecule has 0 saturated heterocycles. The number of nitrogens with two attached hydrogens (primary N) is 1. The average Bonchev–Trinajstić information content (AvgIpc) is 2.45. The Morgan fingerprint density at radius 3 is 2.74 bits per heavy atom. The zero-order chi connectivity index (χ0) is 13.7. The van der Waals surface area contributed by atoms with Gasteiger partial charge in [-0.3, -0.25) is 0 Å². The molecule has 1 unspecified atom stereocenters. The Kier molecular flexibility index (Phi) is 4.43. The average molecular weight is 253 g/mol. The van der Waals surface area contributed by atoms with Crippen molar-refractivity contribution in [1.82, 2.24) is 0 Å². The first-order valence-electron chi connectivity index (χ1n) is 6.63. The van der Waals surface area contributed by atoms with Gasteiger partial charge in [-0.15, -0.1) is 0 Å². The Labute approximate surface area is 114 Å². The minimum absolute atomic E-state index is 0.180. The lowest BCUT2D eigenvalue weighted by Gasteiger charge is -2.15. The molecule has 0 fully saturated rings. The van der Waals surface area contributed by atoms with Gasteiger partial charge in [0.15, 0.2) is 0 Å². The quantitative estimate of drug-likeness (QED) is 0.852. The second-order valence-corrected chi connectivity index (χ2v) is 4.50. The third-order valence-corrected chi connectivity index (χ3v) is 3.11. The third-order valence-electron chi connectivity index (χ3n) is 3.11. The molecule has 2 nitrogen and oxygen atoms in total. The molecular formula is C17H19NO. The van der Waals surface area contributed by atoms with Crippen LogP contribution >= 0.6 is 0 Å². The van der Waals surface area contributed by atoms with Crippen LogP contribution in [-0.2, 0) is 0 Å². The molecule has 2 N–H and O–H groups in total. The van der Waals surface area contributed by atoms with E-state index in [2.05, 4.69) is 43.9 Å². The van der Waals surface area contributed by atoms with E-state index in [9.17, 15) is 0 Å². The van der Waals surface area contributed by atoms with Gasteiger partial charge in [0.2, 0.25) is 0 Å². The van der Waals surface area contributed by atoms with Crippen LogP contribution in [0.5, 0.6) is 5.75 Å². The normalized spacial score (nSPS) is 11.7. The van der Waals surface area contributed by atoms with E-state index in [-0.39, 0.29) is 6.10 Å². The minimum Gasteiger partial charge on any atom is -0.489 e. The summed E-state index contributed by atoms with van der Waals surface area (Å²) in [5.41, 5.74) is 6.42. The molecule has 2 rings (SSSR count). The molecule has 1 atom stereocenters. The number of fused-ring (bicyclic) bond motifs is 1. The number of hydrogen-bond donors (Lipinski definition) is 1. The van der Waals surface area contributed by atoms with Crippen molar-refractivity contribution in [3.8, 4) is 17.6 Å². The number of rotatable bonds is 3. The molecule has 0 heterocycles. The van der Waals surface area contributed by atoms with E-state index in [1.165, 1.54) is 5.39 Å². The fourth-order valence-electron chi connectivity index (χ4n) is 1.92. The summed E-state index contributed by atoms with van der Waals surface area (Å²) in [6.07, 6.45) is 1.15. The van der Waals surface area contributed by atoms with Gasteiger partial charge in [0.05, 0.1) is 18.2 Å². The Balaban J connectivity index is 2.56. The lowest BCUT2D eigenvalue weighted by atomic mass is 10.0. The van der Waals surface area contributed by atoms with Crippen molar-refractivity contribution < 1.29 is 4.74 Å². The largest absolute Gasteiger partial charge is 0.489 e. The summed E-state index contributed by atoms with van der Waals surface area (Å²) in [6, 6.07) is 12.3. The summed E-state index contributed by atoms with van der Waals surface area (Å²) in [5.74, 6) is 6.91. The lowest BCUT2D eigenvalue weighted by molar-refractivity contribution is 0.217. The Morgan fingerprint density at radius 1 is 1.21 bits per heavy atom. The van der Waals surface area contributed by atoms with Crippen LogP contribution in [-0.4, -0.2) is 12.6 Å². The van der Waals surface area contributed by atoms with Crippen molar-refractivity contribution in [3.05, 3.63) is 42.0 Å². The molecule has 0 spiro atoms. The Morgan fingerprint density at radius 2 is 2.00 bits per heavy atom. The van der Waals surface area contributed by atoms with Crippen LogP contribution in [0.3, 0.4) is 0 Å². The summed E-state index contributed by atoms with van der Waals surface area (Å²) >= 11 is 0. The summed E-state index contributed by atoms with van der Waals surface area (Å²) in [5, 5.41) is 2.28. The molecule has 2 aromatic rings. The monoisotopic (exact) mass is 253 g/mol. The van der Waals surface area contributed by atoms with E-state index in [0.29, 0.717) is 6.54 Å². The molecular weight excluding hydrogens is 234 g/mol. The molecule has 98 valence electrons. The molecule has 2 heteroatoms. The highest BCUT2D eigenvalue weighted by Crippen LogP contribution is 2.28. The molecule has 0 bridgehead atoms. The second-order valence-electron chi connectivity index (χ2n) is 4.50. The van der Waals surface area contributed by atoms with Crippen molar-refractivity contribution in [3.63, 3.8) is 0 Å². The molecule has 0 aliphatic heterocycles. The van der Waals surface area contributed by atoms with Gasteiger partial charge in [0.25, 0.3) is 0 Å². The molecule has 0 radical (unpaired) electrons. The molecule has 0 aliphatic carbocycles. The van der Waals surface area contributed by atoms with Crippen molar-refractivity contribution in [2.24, 2.45) is 5.73 Å². The highest BCUT2D eigenvalue weighted by Gasteiger charge is 2.09. The molecule has 0 aliphatic rings. The van der Waals surface area contributed by atoms with Crippen LogP contribution in [0, 0.1) is 11.8 Å². The van der Waals surface area contributed by atoms with Crippen LogP contribution in [0.2, 0.25) is 0 Å². The zero-order valence-corrected chi connectivity index (χ0v) is 11.4. The van der Waals surface area contributed by atoms with Gasteiger partial charge in [-0.25, -0.2) is 0 Å². The zero-order valence-electron chi connectivity index (χ0n) is 11.4. The first-order valence-corrected chi connectivity index (χ1v) is 6.63. The lowest BCUT2D eigenvalue weighted by Crippen LogP contribution is -2.10. The first-order chi connectivity index (χ1) is 9.26. The molecule has 0 amide bonds. The number of ether oxygens (including phenoxy) is 1. The highest BCUT2D eigenvalue weighted by atomic mass is 16.5. The van der Waals surface area contributed by atoms with Crippen molar-refractivity contribution in [1.29, 1.82) is 0 Å². The van der Waals surface area contributed by atoms with E-state index >= 15 is 0 Å². The predicted molar refractivity (Wildman–Crippen MR) is 80.3 cm³/mol. The van der Waals surface area contributed by atoms with Gasteiger partial charge in [-0.05, 0) is 24.8 Å². The van der Waals surface area contributed by atoms with Crippen molar-refractivity contribution in [2.75, 3.05) is 6.54 Å². The van der Waals surface area contributed by atoms with E-state index < -0.39 is 0 Å². The maximum absolute atomic E-state index is 5.96. The molecule has 2 aromatic carbocycles. The molecule has 19 heavy (non-hydrogen) atoms. The highest BCUT2D eigenvalue weighted by molar-refractivity contribution is 5.90. The van der Waals surface area contributed by atoms with Gasteiger partial charge < -0.3 is 10.5 Å². The van der Waals surface area contributed by atoms with Crippen molar-refractivity contribution in [2.45, 2.75) is 26.4 Å². The summed E-state index contributed by atoms with van der Waals surface area (Å²) in [6.45, 7) is 4.53. The Bertz CT molecular complexity index is 622. The standard InChI is InChI=1S/C17H19NO/c1-3-13(2)19-17-11-10-14-7-4-5-8-15(14)16(17)9-6-12-18/h4-5,7-8,10-11,13H,3,12,18H2,1-2H3. The molecule has 0 aromatic heterocycles. The van der Waals surface area contributed by atoms with Gasteiger partial charge in [-0.1, -0.05) is 49.1 Å². The van der Waals surface area contributed by atoms with Crippen molar-refractivity contribution >= 4 is 10.8 Å². The summed E-state index contributed by atoms with van der Waals surface area (Å²) < 4.78 is 5.96. The minimum atomic E-state index is 0.180. The topological polar surface area (TPSA) is 35.2 Å². The maximum Gasteiger partial charge on any atom is 0.135 e. The van der Waals surface area contributed by atoms with Gasteiger partial charge >= 0.3 is 0 Å². The van der Waals surface area contributed by atoms with Gasteiger partial charge in [0, 0.05) is 5.39 Å². The van der Waals surface area contributed by atoms with E-state index in [0.717, 1.165) is 23.1 Å². The summed E-state index contributed by atoms with van der Waals surface area (Å²) in [4.78, 5) is 0. The van der Waals surface area contributed by atoms with Crippen LogP contribution in [0.25, 0.3) is 10.8 Å². The van der Waals surface area contributed by atoms with E-state index in [1.807, 2.05) is 18.2 Å². The first kappa shape index (κ1) is 13.5. The van der Waals surface area contributed by atoms with Crippen LogP contribution < -0.4 is 10.5 Å². The van der Waals surface area contributed by atoms with Crippen LogP contribution in [0.4, 0.5) is 0 Å². The van der Waals surface area contributed by atoms with E-state index in [4.69, 9.17) is 10.5 Å². The smallest absolute Gasteiger partial charge is 0.135 e. The van der Waals surface area contributed by atoms with Gasteiger partial charge in [0.1, 0.15) is 5.75 Å². The van der Waals surface area contributed by atoms with E-state index in [1.54, 1.807) is 0 Å². The second kappa shape index (κ2) is 6.26. The summed E-state index contributed by atoms with van der Waals surface area (Å²) in [7, 11) is 0. The number of benzene rings is 2. The maximum atomic E-state index is 5.96. The molecule has 0 saturated carbocycles. The third kappa shape index (κ3) is 3.07. The SMILES string of the molecule is CCC(C)Oc1ccc2ccccc2c1C#CCN. The van der Waals surface area contributed by atoms with Crippen LogP contribution in [0.1, 0.15) is 25.8 Å². The van der Waals surface area contributed by atoms with Gasteiger partial charge in [-0.2, -0.15) is 0 Å². The Hall–Kier alpha value is -1.98. The predicted octanol–water partition coefficient (Wildman–Crippen LogP) is 3.33.